The van der Waals surface area contributed by atoms with Gasteiger partial charge in [0.1, 0.15) is 30.2 Å². The molecule has 7 rings (SSSR count). The summed E-state index contributed by atoms with van der Waals surface area (Å²) < 4.78 is 35.5. The van der Waals surface area contributed by atoms with Crippen molar-refractivity contribution in [3.63, 3.8) is 0 Å². The highest BCUT2D eigenvalue weighted by atomic mass is 16.6. The van der Waals surface area contributed by atoms with Crippen LogP contribution < -0.4 is 5.32 Å². The molecule has 2 heterocycles. The maximum Gasteiger partial charge on any atom is 0.338 e. The largest absolute Gasteiger partial charge is 0.472 e. The summed E-state index contributed by atoms with van der Waals surface area (Å²) in [4.78, 5) is 83.0. The average molecular weight is 828 g/mol. The third-order valence-corrected chi connectivity index (χ3v) is 13.1. The monoisotopic (exact) mass is 827 g/mol. The lowest BCUT2D eigenvalue weighted by Crippen LogP contribution is -2.79. The Labute approximate surface area is 346 Å². The van der Waals surface area contributed by atoms with Crippen LogP contribution in [0.5, 0.6) is 0 Å². The predicted molar refractivity (Wildman–Crippen MR) is 209 cm³/mol. The summed E-state index contributed by atoms with van der Waals surface area (Å²) in [5.41, 5.74) is -6.04. The van der Waals surface area contributed by atoms with E-state index in [0.29, 0.717) is 5.56 Å². The van der Waals surface area contributed by atoms with Crippen LogP contribution in [0.4, 0.5) is 0 Å². The number of aliphatic hydroxyl groups is 2. The molecule has 1 amide bonds. The first-order valence-corrected chi connectivity index (χ1v) is 19.8. The zero-order valence-electron chi connectivity index (χ0n) is 34.2. The summed E-state index contributed by atoms with van der Waals surface area (Å²) in [7, 11) is 0. The van der Waals surface area contributed by atoms with Crippen LogP contribution in [0.1, 0.15) is 93.1 Å². The number of carbonyl (C=O) groups excluding carboxylic acids is 6. The summed E-state index contributed by atoms with van der Waals surface area (Å²) in [5, 5.41) is 28.0. The van der Waals surface area contributed by atoms with E-state index in [2.05, 4.69) is 5.32 Å². The van der Waals surface area contributed by atoms with Crippen molar-refractivity contribution in [1.82, 2.24) is 5.32 Å². The Morgan fingerprint density at radius 2 is 1.55 bits per heavy atom. The second kappa shape index (κ2) is 15.8. The lowest BCUT2D eigenvalue weighted by Gasteiger charge is -2.66. The van der Waals surface area contributed by atoms with Crippen LogP contribution in [0.15, 0.2) is 94.8 Å². The average Bonchev–Trinajstić information content (AvgIpc) is 3.75. The molecule has 0 spiro atoms. The van der Waals surface area contributed by atoms with Crippen LogP contribution in [0, 0.1) is 16.7 Å². The highest BCUT2D eigenvalue weighted by Crippen LogP contribution is 2.64. The molecule has 3 aliphatic carbocycles. The third-order valence-electron chi connectivity index (χ3n) is 13.1. The van der Waals surface area contributed by atoms with Crippen molar-refractivity contribution in [2.45, 2.75) is 109 Å². The fourth-order valence-electron chi connectivity index (χ4n) is 10.0. The Bertz CT molecular complexity index is 2200. The van der Waals surface area contributed by atoms with Gasteiger partial charge in [-0.25, -0.2) is 9.59 Å². The number of furan rings is 1. The van der Waals surface area contributed by atoms with E-state index in [1.807, 2.05) is 0 Å². The Morgan fingerprint density at radius 1 is 0.883 bits per heavy atom. The quantitative estimate of drug-likeness (QED) is 0.147. The molecule has 2 unspecified atom stereocenters. The summed E-state index contributed by atoms with van der Waals surface area (Å²) >= 11 is 0. The van der Waals surface area contributed by atoms with Crippen LogP contribution in [0.25, 0.3) is 0 Å². The number of rotatable bonds is 10. The van der Waals surface area contributed by atoms with E-state index in [4.69, 9.17) is 28.1 Å². The Morgan fingerprint density at radius 3 is 2.13 bits per heavy atom. The van der Waals surface area contributed by atoms with E-state index in [1.54, 1.807) is 76.2 Å². The first-order valence-electron chi connectivity index (χ1n) is 19.8. The number of ether oxygens (including phenoxy) is 5. The number of Topliss-reactive ketones (excluding diaryl/α,β-unsaturated/α-hetero) is 1. The van der Waals surface area contributed by atoms with Crippen molar-refractivity contribution in [2.24, 2.45) is 16.7 Å². The summed E-state index contributed by atoms with van der Waals surface area (Å²) in [5.74, 6) is -6.13. The molecule has 15 nitrogen and oxygen atoms in total. The molecule has 60 heavy (non-hydrogen) atoms. The Hall–Kier alpha value is -5.64. The van der Waals surface area contributed by atoms with Crippen LogP contribution in [-0.2, 0) is 42.9 Å². The standard InChI is InChI=1S/C45H49NO14/c1-24-30(58-41(53)34(49)33(27-13-9-7-10-14-27)46-39(51)29-18-20-55-22-29)21-45(54)38(59-40(52)28-15-11-8-12-16-28)36-43(6,19-17-31-44(36,23-56-31)60-26(3)48)37(50)35(57-25(2)47)32(24)42(45,4)5/h7-16,18,20,22,30-31,33-36,38,49,54H,17,19,21,23H2,1-6H3,(H,46,51)/t30-,31+,33-,34+,35+,36?,38?,43+,44-,45+/m0/s1. The van der Waals surface area contributed by atoms with Gasteiger partial charge in [-0.2, -0.15) is 0 Å². The number of hydrogen-bond donors (Lipinski definition) is 3. The molecule has 4 aliphatic rings. The van der Waals surface area contributed by atoms with Crippen LogP contribution >= 0.6 is 0 Å². The number of aliphatic hydroxyl groups excluding tert-OH is 1. The molecule has 1 saturated heterocycles. The number of hydrogen-bond acceptors (Lipinski definition) is 14. The second-order valence-electron chi connectivity index (χ2n) is 16.9. The Kier molecular flexibility index (Phi) is 11.2. The fraction of sp³-hybridized carbons (Fsp3) is 0.467. The SMILES string of the molecule is CC(=O)O[C@H]1C(=O)[C@]2(C)CC[C@H]3OC[C@@]3(OC(C)=O)C2C(OC(=O)c2ccccc2)[C@]2(O)C[C@H](OC(=O)[C@H](O)[C@@H](NC(=O)c3ccoc3)c3ccccc3)C(C)=C1C2(C)C. The highest BCUT2D eigenvalue weighted by Gasteiger charge is 2.76. The number of carbonyl (C=O) groups is 6. The van der Waals surface area contributed by atoms with E-state index in [9.17, 15) is 34.2 Å². The van der Waals surface area contributed by atoms with Gasteiger partial charge in [0.25, 0.3) is 5.91 Å². The van der Waals surface area contributed by atoms with Gasteiger partial charge in [0, 0.05) is 31.1 Å². The second-order valence-corrected chi connectivity index (χ2v) is 16.9. The van der Waals surface area contributed by atoms with Gasteiger partial charge >= 0.3 is 23.9 Å². The fourth-order valence-corrected chi connectivity index (χ4v) is 10.0. The molecule has 1 aliphatic heterocycles. The number of amides is 1. The van der Waals surface area contributed by atoms with Crippen LogP contribution in [0.2, 0.25) is 0 Å². The molecular weight excluding hydrogens is 778 g/mol. The van der Waals surface area contributed by atoms with E-state index in [-0.39, 0.29) is 41.7 Å². The van der Waals surface area contributed by atoms with Crippen LogP contribution in [0.3, 0.4) is 0 Å². The van der Waals surface area contributed by atoms with E-state index in [1.165, 1.54) is 37.6 Å². The number of fused-ring (bicyclic) bond motifs is 5. The number of esters is 4. The molecule has 1 aromatic heterocycles. The molecule has 0 radical (unpaired) electrons. The molecule has 2 saturated carbocycles. The summed E-state index contributed by atoms with van der Waals surface area (Å²) in [6.45, 7) is 8.57. The normalized spacial score (nSPS) is 31.3. The predicted octanol–water partition coefficient (Wildman–Crippen LogP) is 4.36. The summed E-state index contributed by atoms with van der Waals surface area (Å²) in [6.07, 6.45) is -5.11. The maximum atomic E-state index is 15.4. The molecule has 3 N–H and O–H groups in total. The van der Waals surface area contributed by atoms with Crippen LogP contribution in [-0.4, -0.2) is 94.1 Å². The highest BCUT2D eigenvalue weighted by molar-refractivity contribution is 5.96. The first kappa shape index (κ1) is 42.5. The van der Waals surface area contributed by atoms with Gasteiger partial charge in [-0.05, 0) is 54.7 Å². The van der Waals surface area contributed by atoms with Gasteiger partial charge in [0.2, 0.25) is 0 Å². The minimum atomic E-state index is -2.27. The smallest absolute Gasteiger partial charge is 0.338 e. The van der Waals surface area contributed by atoms with E-state index >= 15 is 4.79 Å². The molecule has 318 valence electrons. The maximum absolute atomic E-state index is 15.4. The summed E-state index contributed by atoms with van der Waals surface area (Å²) in [6, 6.07) is 16.3. The van der Waals surface area contributed by atoms with E-state index in [0.717, 1.165) is 6.92 Å². The van der Waals surface area contributed by atoms with Gasteiger partial charge in [-0.3, -0.25) is 19.2 Å². The number of nitrogens with one attached hydrogen (secondary N) is 1. The molecule has 2 aromatic carbocycles. The van der Waals surface area contributed by atoms with Gasteiger partial charge in [-0.1, -0.05) is 69.3 Å². The zero-order valence-corrected chi connectivity index (χ0v) is 34.2. The van der Waals surface area contributed by atoms with Crippen molar-refractivity contribution in [3.8, 4) is 0 Å². The van der Waals surface area contributed by atoms with Crippen molar-refractivity contribution in [2.75, 3.05) is 6.61 Å². The van der Waals surface area contributed by atoms with Crippen molar-refractivity contribution in [3.05, 3.63) is 107 Å². The third kappa shape index (κ3) is 7.01. The number of benzene rings is 2. The molecule has 15 heteroatoms. The van der Waals surface area contributed by atoms with Gasteiger partial charge in [0.15, 0.2) is 23.6 Å². The van der Waals surface area contributed by atoms with Crippen molar-refractivity contribution >= 4 is 35.6 Å². The minimum Gasteiger partial charge on any atom is -0.472 e. The zero-order chi connectivity index (χ0) is 43.4. The first-order chi connectivity index (χ1) is 28.4. The lowest BCUT2D eigenvalue weighted by atomic mass is 9.45. The van der Waals surface area contributed by atoms with Crippen molar-refractivity contribution in [1.29, 1.82) is 0 Å². The molecule has 2 bridgehead atoms. The molecular formula is C45H49NO14. The van der Waals surface area contributed by atoms with Gasteiger partial charge < -0.3 is 43.6 Å². The van der Waals surface area contributed by atoms with Gasteiger partial charge in [-0.15, -0.1) is 0 Å². The topological polar surface area (TPSA) is 214 Å². The number of ketones is 1. The van der Waals surface area contributed by atoms with Gasteiger partial charge in [0.05, 0.1) is 36.0 Å². The Balaban J connectivity index is 1.38. The minimum absolute atomic E-state index is 0.102. The van der Waals surface area contributed by atoms with Crippen molar-refractivity contribution < 1.29 is 67.1 Å². The van der Waals surface area contributed by atoms with E-state index < -0.39 is 107 Å². The lowest BCUT2D eigenvalue weighted by molar-refractivity contribution is -0.332. The molecule has 3 aromatic rings. The molecule has 10 atom stereocenters. The molecule has 3 fully saturated rings.